The summed E-state index contributed by atoms with van der Waals surface area (Å²) in [5.41, 5.74) is 3.16. The second kappa shape index (κ2) is 9.15. The third-order valence-corrected chi connectivity index (χ3v) is 5.77. The van der Waals surface area contributed by atoms with Crippen molar-refractivity contribution >= 4 is 5.91 Å². The van der Waals surface area contributed by atoms with Gasteiger partial charge in [0.2, 0.25) is 5.91 Å². The lowest BCUT2D eigenvalue weighted by molar-refractivity contribution is -0.120. The molecule has 1 N–H and O–H groups in total. The predicted molar refractivity (Wildman–Crippen MR) is 110 cm³/mol. The fourth-order valence-electron chi connectivity index (χ4n) is 4.12. The Labute approximate surface area is 174 Å². The van der Waals surface area contributed by atoms with E-state index in [1.165, 1.54) is 6.07 Å². The Morgan fingerprint density at radius 3 is 2.77 bits per heavy atom. The standard InChI is InChI=1S/C23H25FN4O2/c1-15-10-21(30-28-15)19-13-25-14-27-23(19)17-8-6-16(7-9-17)12-26-22(29)11-18-4-2-3-5-20(18)24/h2-5,10,13-14,16-17H,6-9,11-12H2,1H3,(H,26,29). The van der Waals surface area contributed by atoms with Crippen molar-refractivity contribution in [3.63, 3.8) is 0 Å². The van der Waals surface area contributed by atoms with Crippen LogP contribution in [-0.4, -0.2) is 27.6 Å². The number of nitrogens with zero attached hydrogens (tertiary/aromatic N) is 3. The van der Waals surface area contributed by atoms with E-state index in [1.54, 1.807) is 30.7 Å². The molecule has 3 aromatic rings. The molecular formula is C23H25FN4O2. The van der Waals surface area contributed by atoms with E-state index in [0.29, 0.717) is 29.7 Å². The van der Waals surface area contributed by atoms with Crippen molar-refractivity contribution in [2.24, 2.45) is 5.92 Å². The van der Waals surface area contributed by atoms with Gasteiger partial charge in [-0.05, 0) is 50.2 Å². The molecule has 0 radical (unpaired) electrons. The molecule has 1 fully saturated rings. The normalized spacial score (nSPS) is 18.9. The van der Waals surface area contributed by atoms with Gasteiger partial charge in [-0.2, -0.15) is 0 Å². The first-order chi connectivity index (χ1) is 14.6. The number of carbonyl (C=O) groups is 1. The maximum absolute atomic E-state index is 13.7. The second-order valence-electron chi connectivity index (χ2n) is 7.94. The summed E-state index contributed by atoms with van der Waals surface area (Å²) in [4.78, 5) is 20.9. The van der Waals surface area contributed by atoms with Crippen LogP contribution in [0.4, 0.5) is 4.39 Å². The molecule has 7 heteroatoms. The summed E-state index contributed by atoms with van der Waals surface area (Å²) < 4.78 is 19.1. The number of hydrogen-bond acceptors (Lipinski definition) is 5. The molecule has 2 aromatic heterocycles. The molecule has 6 nitrogen and oxygen atoms in total. The monoisotopic (exact) mass is 408 g/mol. The van der Waals surface area contributed by atoms with Crippen molar-refractivity contribution in [2.75, 3.05) is 6.54 Å². The molecule has 0 bridgehead atoms. The van der Waals surface area contributed by atoms with E-state index in [-0.39, 0.29) is 18.1 Å². The maximum Gasteiger partial charge on any atom is 0.224 e. The average molecular weight is 408 g/mol. The molecule has 0 atom stereocenters. The molecule has 156 valence electrons. The molecule has 1 saturated carbocycles. The topological polar surface area (TPSA) is 80.9 Å². The highest BCUT2D eigenvalue weighted by Gasteiger charge is 2.26. The zero-order valence-corrected chi connectivity index (χ0v) is 17.0. The Kier molecular flexibility index (Phi) is 6.16. The van der Waals surface area contributed by atoms with Crippen LogP contribution < -0.4 is 5.32 Å². The van der Waals surface area contributed by atoms with Crippen LogP contribution in [0.1, 0.15) is 48.6 Å². The molecule has 0 aliphatic heterocycles. The van der Waals surface area contributed by atoms with Gasteiger partial charge in [0.25, 0.3) is 0 Å². The highest BCUT2D eigenvalue weighted by molar-refractivity contribution is 5.78. The molecule has 2 heterocycles. The third kappa shape index (κ3) is 4.72. The lowest BCUT2D eigenvalue weighted by atomic mass is 9.79. The van der Waals surface area contributed by atoms with Crippen LogP contribution in [0.25, 0.3) is 11.3 Å². The van der Waals surface area contributed by atoms with E-state index in [0.717, 1.165) is 42.6 Å². The summed E-state index contributed by atoms with van der Waals surface area (Å²) >= 11 is 0. The molecule has 1 aliphatic carbocycles. The van der Waals surface area contributed by atoms with Gasteiger partial charge in [-0.3, -0.25) is 4.79 Å². The highest BCUT2D eigenvalue weighted by atomic mass is 19.1. The summed E-state index contributed by atoms with van der Waals surface area (Å²) in [7, 11) is 0. The first kappa shape index (κ1) is 20.2. The van der Waals surface area contributed by atoms with Crippen LogP contribution in [0.2, 0.25) is 0 Å². The molecule has 30 heavy (non-hydrogen) atoms. The van der Waals surface area contributed by atoms with E-state index in [2.05, 4.69) is 20.4 Å². The molecule has 1 aliphatic rings. The SMILES string of the molecule is Cc1cc(-c2cncnc2C2CCC(CNC(=O)Cc3ccccc3F)CC2)on1. The first-order valence-electron chi connectivity index (χ1n) is 10.3. The molecule has 1 amide bonds. The van der Waals surface area contributed by atoms with Crippen LogP contribution in [0.3, 0.4) is 0 Å². The number of benzene rings is 1. The molecule has 0 spiro atoms. The maximum atomic E-state index is 13.7. The minimum atomic E-state index is -0.337. The summed E-state index contributed by atoms with van der Waals surface area (Å²) in [5.74, 6) is 0.977. The number of halogens is 1. The minimum Gasteiger partial charge on any atom is -0.356 e. The summed E-state index contributed by atoms with van der Waals surface area (Å²) in [6.07, 6.45) is 7.43. The zero-order chi connectivity index (χ0) is 20.9. The average Bonchev–Trinajstić information content (AvgIpc) is 3.20. The lowest BCUT2D eigenvalue weighted by Crippen LogP contribution is -2.32. The van der Waals surface area contributed by atoms with Gasteiger partial charge in [0.15, 0.2) is 5.76 Å². The highest BCUT2D eigenvalue weighted by Crippen LogP contribution is 2.38. The van der Waals surface area contributed by atoms with Gasteiger partial charge in [-0.25, -0.2) is 14.4 Å². The smallest absolute Gasteiger partial charge is 0.224 e. The quantitative estimate of drug-likeness (QED) is 0.661. The lowest BCUT2D eigenvalue weighted by Gasteiger charge is -2.29. The Hall–Kier alpha value is -3.09. The van der Waals surface area contributed by atoms with Crippen LogP contribution in [0.5, 0.6) is 0 Å². The van der Waals surface area contributed by atoms with E-state index >= 15 is 0 Å². The largest absolute Gasteiger partial charge is 0.356 e. The van der Waals surface area contributed by atoms with Crippen LogP contribution in [-0.2, 0) is 11.2 Å². The molecule has 0 saturated heterocycles. The van der Waals surface area contributed by atoms with Crippen molar-refractivity contribution in [3.8, 4) is 11.3 Å². The Morgan fingerprint density at radius 2 is 2.03 bits per heavy atom. The van der Waals surface area contributed by atoms with Gasteiger partial charge in [0.1, 0.15) is 12.1 Å². The second-order valence-corrected chi connectivity index (χ2v) is 7.94. The fraction of sp³-hybridized carbons (Fsp3) is 0.391. The Morgan fingerprint density at radius 1 is 1.23 bits per heavy atom. The van der Waals surface area contributed by atoms with E-state index < -0.39 is 0 Å². The number of amides is 1. The Bertz CT molecular complexity index is 1010. The van der Waals surface area contributed by atoms with E-state index in [4.69, 9.17) is 4.52 Å². The molecule has 4 rings (SSSR count). The number of aryl methyl sites for hydroxylation is 1. The fourth-order valence-corrected chi connectivity index (χ4v) is 4.12. The summed E-state index contributed by atoms with van der Waals surface area (Å²) in [6.45, 7) is 2.51. The van der Waals surface area contributed by atoms with Crippen molar-refractivity contribution in [1.82, 2.24) is 20.4 Å². The number of carbonyl (C=O) groups excluding carboxylic acids is 1. The first-order valence-corrected chi connectivity index (χ1v) is 10.3. The number of aromatic nitrogens is 3. The van der Waals surface area contributed by atoms with Gasteiger partial charge in [0, 0.05) is 24.7 Å². The summed E-state index contributed by atoms with van der Waals surface area (Å²) in [6, 6.07) is 8.30. The summed E-state index contributed by atoms with van der Waals surface area (Å²) in [5, 5.41) is 6.94. The third-order valence-electron chi connectivity index (χ3n) is 5.77. The van der Waals surface area contributed by atoms with E-state index in [1.807, 2.05) is 13.0 Å². The van der Waals surface area contributed by atoms with Gasteiger partial charge in [0.05, 0.1) is 23.4 Å². The molecule has 1 aromatic carbocycles. The minimum absolute atomic E-state index is 0.0723. The van der Waals surface area contributed by atoms with Crippen molar-refractivity contribution < 1.29 is 13.7 Å². The Balaban J connectivity index is 1.31. The van der Waals surface area contributed by atoms with Crippen molar-refractivity contribution in [1.29, 1.82) is 0 Å². The van der Waals surface area contributed by atoms with Gasteiger partial charge < -0.3 is 9.84 Å². The van der Waals surface area contributed by atoms with Crippen LogP contribution in [0, 0.1) is 18.7 Å². The van der Waals surface area contributed by atoms with Gasteiger partial charge in [-0.1, -0.05) is 23.4 Å². The van der Waals surface area contributed by atoms with Crippen LogP contribution >= 0.6 is 0 Å². The van der Waals surface area contributed by atoms with Crippen molar-refractivity contribution in [3.05, 3.63) is 65.6 Å². The van der Waals surface area contributed by atoms with E-state index in [9.17, 15) is 9.18 Å². The van der Waals surface area contributed by atoms with Crippen molar-refractivity contribution in [2.45, 2.75) is 44.9 Å². The van der Waals surface area contributed by atoms with Crippen LogP contribution in [0.15, 0.2) is 47.4 Å². The molecular weight excluding hydrogens is 383 g/mol. The predicted octanol–water partition coefficient (Wildman–Crippen LogP) is 4.21. The zero-order valence-electron chi connectivity index (χ0n) is 17.0. The molecule has 0 unspecified atom stereocenters. The van der Waals surface area contributed by atoms with Gasteiger partial charge in [-0.15, -0.1) is 0 Å². The van der Waals surface area contributed by atoms with Gasteiger partial charge >= 0.3 is 0 Å². The number of rotatable bonds is 6. The number of nitrogens with one attached hydrogen (secondary N) is 1. The number of hydrogen-bond donors (Lipinski definition) is 1.